The van der Waals surface area contributed by atoms with Crippen molar-refractivity contribution in [1.82, 2.24) is 19.9 Å². The largest absolute Gasteiger partial charge is 0.366 e. The zero-order valence-electron chi connectivity index (χ0n) is 13.2. The van der Waals surface area contributed by atoms with E-state index in [1.165, 1.54) is 5.56 Å². The highest BCUT2D eigenvalue weighted by atomic mass is 19.1. The summed E-state index contributed by atoms with van der Waals surface area (Å²) in [5, 5.41) is 0. The van der Waals surface area contributed by atoms with Gasteiger partial charge >= 0.3 is 0 Å². The number of fused-ring (bicyclic) bond motifs is 1. The Balaban J connectivity index is 1.35. The Hall–Kier alpha value is -2.31. The maximum absolute atomic E-state index is 14.2. The molecule has 0 amide bonds. The first-order valence-electron chi connectivity index (χ1n) is 8.08. The number of alkyl halides is 1. The van der Waals surface area contributed by atoms with Crippen LogP contribution in [0.25, 0.3) is 11.0 Å². The molecular weight excluding hydrogens is 307 g/mol. The minimum atomic E-state index is -0.972. The molecule has 1 aliphatic heterocycles. The molecule has 5 nitrogen and oxygen atoms in total. The van der Waals surface area contributed by atoms with Crippen LogP contribution >= 0.6 is 0 Å². The van der Waals surface area contributed by atoms with Crippen molar-refractivity contribution in [3.63, 3.8) is 0 Å². The molecule has 0 bridgehead atoms. The second kappa shape index (κ2) is 6.67. The third-order valence-electron chi connectivity index (χ3n) is 4.29. The monoisotopic (exact) mass is 326 g/mol. The molecule has 24 heavy (non-hydrogen) atoms. The summed E-state index contributed by atoms with van der Waals surface area (Å²) in [7, 11) is 0. The lowest BCUT2D eigenvalue weighted by molar-refractivity contribution is 0.00864. The first kappa shape index (κ1) is 15.2. The topological polar surface area (TPSA) is 54.0 Å². The van der Waals surface area contributed by atoms with Gasteiger partial charge in [-0.25, -0.2) is 9.37 Å². The predicted molar refractivity (Wildman–Crippen MR) is 89.1 cm³/mol. The van der Waals surface area contributed by atoms with Gasteiger partial charge in [0.2, 0.25) is 0 Å². The van der Waals surface area contributed by atoms with Gasteiger partial charge < -0.3 is 9.72 Å². The van der Waals surface area contributed by atoms with Crippen molar-refractivity contribution >= 4 is 11.0 Å². The Kier molecular flexibility index (Phi) is 4.23. The van der Waals surface area contributed by atoms with Crippen LogP contribution in [0.1, 0.15) is 11.4 Å². The molecule has 1 aromatic carbocycles. The summed E-state index contributed by atoms with van der Waals surface area (Å²) in [6.45, 7) is 2.03. The quantitative estimate of drug-likeness (QED) is 0.783. The minimum absolute atomic E-state index is 0.277. The number of benzene rings is 1. The van der Waals surface area contributed by atoms with E-state index in [1.54, 1.807) is 12.4 Å². The maximum Gasteiger partial charge on any atom is 0.140 e. The van der Waals surface area contributed by atoms with Gasteiger partial charge in [-0.05, 0) is 11.6 Å². The third kappa shape index (κ3) is 3.29. The van der Waals surface area contributed by atoms with E-state index in [-0.39, 0.29) is 6.61 Å². The number of nitrogens with zero attached hydrogens (tertiary/aromatic N) is 3. The van der Waals surface area contributed by atoms with E-state index in [1.807, 2.05) is 24.3 Å². The van der Waals surface area contributed by atoms with Crippen molar-refractivity contribution in [1.29, 1.82) is 0 Å². The predicted octanol–water partition coefficient (Wildman–Crippen LogP) is 2.70. The number of likely N-dealkylation sites (tertiary alicyclic amines) is 1. The SMILES string of the molecule is FC1CN(Cc2ccccc2)CC1OCc1nc2ccncc2[nH]1. The molecule has 2 atom stereocenters. The molecule has 0 saturated carbocycles. The molecule has 124 valence electrons. The van der Waals surface area contributed by atoms with Crippen molar-refractivity contribution in [2.45, 2.75) is 25.4 Å². The Labute approximate surface area is 139 Å². The summed E-state index contributed by atoms with van der Waals surface area (Å²) in [6.07, 6.45) is 2.03. The van der Waals surface area contributed by atoms with Crippen LogP contribution in [-0.4, -0.2) is 45.2 Å². The lowest BCUT2D eigenvalue weighted by atomic mass is 10.2. The number of imidazole rings is 1. The van der Waals surface area contributed by atoms with E-state index in [2.05, 4.69) is 32.0 Å². The molecule has 1 N–H and O–H groups in total. The summed E-state index contributed by atoms with van der Waals surface area (Å²) >= 11 is 0. The molecule has 3 heterocycles. The average Bonchev–Trinajstić information content (AvgIpc) is 3.16. The minimum Gasteiger partial charge on any atom is -0.366 e. The van der Waals surface area contributed by atoms with Crippen LogP contribution in [0.3, 0.4) is 0 Å². The van der Waals surface area contributed by atoms with E-state index in [9.17, 15) is 4.39 Å². The molecule has 2 aromatic heterocycles. The van der Waals surface area contributed by atoms with Crippen LogP contribution in [0.15, 0.2) is 48.8 Å². The standard InChI is InChI=1S/C18H19FN4O/c19-14-10-23(9-13-4-2-1-3-5-13)11-17(14)24-12-18-21-15-6-7-20-8-16(15)22-18/h1-8,14,17H,9-12H2,(H,21,22). The number of pyridine rings is 1. The molecule has 1 saturated heterocycles. The molecule has 2 unspecified atom stereocenters. The fraction of sp³-hybridized carbons (Fsp3) is 0.333. The Morgan fingerprint density at radius 3 is 2.92 bits per heavy atom. The molecule has 1 fully saturated rings. The highest BCUT2D eigenvalue weighted by Crippen LogP contribution is 2.20. The maximum atomic E-state index is 14.2. The number of aromatic nitrogens is 3. The fourth-order valence-corrected chi connectivity index (χ4v) is 3.10. The Morgan fingerprint density at radius 2 is 2.08 bits per heavy atom. The lowest BCUT2D eigenvalue weighted by Crippen LogP contribution is -2.24. The van der Waals surface area contributed by atoms with Gasteiger partial charge in [-0.15, -0.1) is 0 Å². The van der Waals surface area contributed by atoms with Gasteiger partial charge in [0, 0.05) is 25.8 Å². The second-order valence-corrected chi connectivity index (χ2v) is 6.12. The van der Waals surface area contributed by atoms with E-state index in [4.69, 9.17) is 4.74 Å². The number of H-pyrrole nitrogens is 1. The van der Waals surface area contributed by atoms with Gasteiger partial charge in [0.05, 0.1) is 17.2 Å². The molecule has 0 radical (unpaired) electrons. The van der Waals surface area contributed by atoms with Gasteiger partial charge in [-0.2, -0.15) is 0 Å². The van der Waals surface area contributed by atoms with Crippen molar-refractivity contribution < 1.29 is 9.13 Å². The van der Waals surface area contributed by atoms with Gasteiger partial charge in [0.1, 0.15) is 24.7 Å². The summed E-state index contributed by atoms with van der Waals surface area (Å²) in [6, 6.07) is 11.9. The van der Waals surface area contributed by atoms with Gasteiger partial charge in [0.15, 0.2) is 0 Å². The van der Waals surface area contributed by atoms with Crippen molar-refractivity contribution in [3.8, 4) is 0 Å². The van der Waals surface area contributed by atoms with Crippen LogP contribution in [0.2, 0.25) is 0 Å². The zero-order valence-corrected chi connectivity index (χ0v) is 13.2. The Morgan fingerprint density at radius 1 is 1.21 bits per heavy atom. The van der Waals surface area contributed by atoms with Crippen LogP contribution in [0, 0.1) is 0 Å². The van der Waals surface area contributed by atoms with E-state index < -0.39 is 12.3 Å². The molecule has 3 aromatic rings. The first-order valence-corrected chi connectivity index (χ1v) is 8.08. The summed E-state index contributed by atoms with van der Waals surface area (Å²) in [5.74, 6) is 0.701. The highest BCUT2D eigenvalue weighted by Gasteiger charge is 2.33. The lowest BCUT2D eigenvalue weighted by Gasteiger charge is -2.15. The summed E-state index contributed by atoms with van der Waals surface area (Å²) < 4.78 is 20.0. The highest BCUT2D eigenvalue weighted by molar-refractivity contribution is 5.73. The molecule has 4 rings (SSSR count). The van der Waals surface area contributed by atoms with E-state index >= 15 is 0 Å². The fourth-order valence-electron chi connectivity index (χ4n) is 3.10. The molecule has 6 heteroatoms. The number of aromatic amines is 1. The number of hydrogen-bond acceptors (Lipinski definition) is 4. The van der Waals surface area contributed by atoms with Crippen LogP contribution < -0.4 is 0 Å². The van der Waals surface area contributed by atoms with Gasteiger partial charge in [-0.3, -0.25) is 9.88 Å². The normalized spacial score (nSPS) is 21.5. The van der Waals surface area contributed by atoms with Crippen molar-refractivity contribution in [2.75, 3.05) is 13.1 Å². The first-order chi connectivity index (χ1) is 11.8. The number of nitrogens with one attached hydrogen (secondary N) is 1. The van der Waals surface area contributed by atoms with Gasteiger partial charge in [-0.1, -0.05) is 30.3 Å². The average molecular weight is 326 g/mol. The third-order valence-corrected chi connectivity index (χ3v) is 4.29. The van der Waals surface area contributed by atoms with Crippen LogP contribution in [0.4, 0.5) is 4.39 Å². The molecule has 1 aliphatic rings. The number of rotatable bonds is 5. The zero-order chi connectivity index (χ0) is 16.4. The number of hydrogen-bond donors (Lipinski definition) is 1. The van der Waals surface area contributed by atoms with Gasteiger partial charge in [0.25, 0.3) is 0 Å². The summed E-state index contributed by atoms with van der Waals surface area (Å²) in [4.78, 5) is 13.7. The molecule has 0 aliphatic carbocycles. The number of halogens is 1. The van der Waals surface area contributed by atoms with E-state index in [0.29, 0.717) is 18.9 Å². The van der Waals surface area contributed by atoms with Crippen LogP contribution in [0.5, 0.6) is 0 Å². The smallest absolute Gasteiger partial charge is 0.140 e. The summed E-state index contributed by atoms with van der Waals surface area (Å²) in [5.41, 5.74) is 2.90. The van der Waals surface area contributed by atoms with Crippen molar-refractivity contribution in [3.05, 3.63) is 60.2 Å². The second-order valence-electron chi connectivity index (χ2n) is 6.12. The molecule has 0 spiro atoms. The Bertz CT molecular complexity index is 774. The van der Waals surface area contributed by atoms with E-state index in [0.717, 1.165) is 17.6 Å². The van der Waals surface area contributed by atoms with Crippen molar-refractivity contribution in [2.24, 2.45) is 0 Å². The van der Waals surface area contributed by atoms with Crippen LogP contribution in [-0.2, 0) is 17.9 Å². The number of ether oxygens (including phenoxy) is 1. The molecular formula is C18H19FN4O.